The lowest BCUT2D eigenvalue weighted by molar-refractivity contribution is -0.895. The lowest BCUT2D eigenvalue weighted by atomic mass is 10.5. The predicted molar refractivity (Wildman–Crippen MR) is 39.9 cm³/mol. The van der Waals surface area contributed by atoms with Crippen LogP contribution in [0.3, 0.4) is 0 Å². The van der Waals surface area contributed by atoms with Gasteiger partial charge in [-0.25, -0.2) is 0 Å². The maximum absolute atomic E-state index is 5.22. The van der Waals surface area contributed by atoms with Crippen LogP contribution in [0.25, 0.3) is 0 Å². The van der Waals surface area contributed by atoms with Crippen molar-refractivity contribution in [3.8, 4) is 0 Å². The first-order valence-electron chi connectivity index (χ1n) is 3.33. The molecule has 1 aliphatic rings. The van der Waals surface area contributed by atoms with Crippen molar-refractivity contribution in [2.75, 3.05) is 38.4 Å². The van der Waals surface area contributed by atoms with Crippen LogP contribution in [0.1, 0.15) is 0 Å². The van der Waals surface area contributed by atoms with Gasteiger partial charge in [-0.2, -0.15) is 0 Å². The largest absolute Gasteiger partial charge is 0.370 e. The van der Waals surface area contributed by atoms with Crippen LogP contribution >= 0.6 is 11.8 Å². The van der Waals surface area contributed by atoms with Gasteiger partial charge in [0.25, 0.3) is 0 Å². The molecule has 1 saturated heterocycles. The number of hydrogen-bond acceptors (Lipinski definition) is 2. The van der Waals surface area contributed by atoms with Gasteiger partial charge in [0.1, 0.15) is 19.0 Å². The smallest absolute Gasteiger partial charge is 0.124 e. The zero-order chi connectivity index (χ0) is 6.53. The third-order valence-corrected chi connectivity index (χ3v) is 2.25. The zero-order valence-corrected chi connectivity index (χ0v) is 6.67. The monoisotopic (exact) mass is 148 g/mol. The molecule has 0 saturated carbocycles. The fourth-order valence-corrected chi connectivity index (χ4v) is 1.71. The Kier molecular flexibility index (Phi) is 3.40. The van der Waals surface area contributed by atoms with E-state index in [2.05, 4.69) is 6.26 Å². The number of ether oxygens (including phenoxy) is 1. The molecule has 0 aromatic heterocycles. The van der Waals surface area contributed by atoms with Gasteiger partial charge in [-0.1, -0.05) is 0 Å². The summed E-state index contributed by atoms with van der Waals surface area (Å²) < 4.78 is 5.22. The SMILES string of the molecule is CSC[NH+]1CCOCC1. The van der Waals surface area contributed by atoms with Crippen LogP contribution in [0.2, 0.25) is 0 Å². The maximum atomic E-state index is 5.22. The third-order valence-electron chi connectivity index (χ3n) is 1.55. The molecular weight excluding hydrogens is 134 g/mol. The van der Waals surface area contributed by atoms with Gasteiger partial charge < -0.3 is 9.64 Å². The minimum absolute atomic E-state index is 0.954. The van der Waals surface area contributed by atoms with Crippen LogP contribution in [-0.2, 0) is 4.74 Å². The van der Waals surface area contributed by atoms with Gasteiger partial charge in [-0.3, -0.25) is 0 Å². The summed E-state index contributed by atoms with van der Waals surface area (Å²) in [6.45, 7) is 4.30. The maximum Gasteiger partial charge on any atom is 0.124 e. The Hall–Kier alpha value is 0.270. The molecule has 1 aliphatic heterocycles. The highest BCUT2D eigenvalue weighted by atomic mass is 32.2. The lowest BCUT2D eigenvalue weighted by Gasteiger charge is -2.22. The Labute approximate surface area is 60.6 Å². The summed E-state index contributed by atoms with van der Waals surface area (Å²) in [6, 6.07) is 0. The van der Waals surface area contributed by atoms with Crippen molar-refractivity contribution in [3.63, 3.8) is 0 Å². The van der Waals surface area contributed by atoms with Crippen molar-refractivity contribution in [2.45, 2.75) is 0 Å². The average Bonchev–Trinajstić information content (AvgIpc) is 1.91. The second-order valence-electron chi connectivity index (χ2n) is 2.30. The molecule has 0 amide bonds. The standard InChI is InChI=1S/C6H13NOS/c1-9-6-7-2-4-8-5-3-7/h2-6H2,1H3/p+1. The molecule has 1 fully saturated rings. The van der Waals surface area contributed by atoms with E-state index in [0.29, 0.717) is 0 Å². The normalized spacial score (nSPS) is 22.3. The fraction of sp³-hybridized carbons (Fsp3) is 1.00. The van der Waals surface area contributed by atoms with Crippen molar-refractivity contribution in [1.82, 2.24) is 0 Å². The van der Waals surface area contributed by atoms with Gasteiger partial charge in [-0.15, -0.1) is 11.8 Å². The number of hydrogen-bond donors (Lipinski definition) is 1. The molecule has 2 nitrogen and oxygen atoms in total. The van der Waals surface area contributed by atoms with Gasteiger partial charge in [0, 0.05) is 0 Å². The summed E-state index contributed by atoms with van der Waals surface area (Å²) in [5.41, 5.74) is 0. The number of quaternary nitrogens is 1. The summed E-state index contributed by atoms with van der Waals surface area (Å²) >= 11 is 1.92. The highest BCUT2D eigenvalue weighted by Crippen LogP contribution is 1.83. The van der Waals surface area contributed by atoms with E-state index in [0.717, 1.165) is 13.2 Å². The van der Waals surface area contributed by atoms with E-state index in [1.807, 2.05) is 11.8 Å². The minimum atomic E-state index is 0.954. The van der Waals surface area contributed by atoms with Crippen molar-refractivity contribution in [3.05, 3.63) is 0 Å². The first-order chi connectivity index (χ1) is 4.43. The van der Waals surface area contributed by atoms with Crippen LogP contribution in [0.5, 0.6) is 0 Å². The molecule has 3 heteroatoms. The lowest BCUT2D eigenvalue weighted by Crippen LogP contribution is -3.13. The average molecular weight is 148 g/mol. The van der Waals surface area contributed by atoms with Gasteiger partial charge in [0.2, 0.25) is 0 Å². The molecule has 9 heavy (non-hydrogen) atoms. The zero-order valence-electron chi connectivity index (χ0n) is 5.85. The van der Waals surface area contributed by atoms with Gasteiger partial charge in [0.05, 0.1) is 13.2 Å². The van der Waals surface area contributed by atoms with E-state index in [1.165, 1.54) is 19.0 Å². The first-order valence-corrected chi connectivity index (χ1v) is 4.73. The molecule has 0 radical (unpaired) electrons. The molecule has 0 unspecified atom stereocenters. The minimum Gasteiger partial charge on any atom is -0.370 e. The molecule has 0 aromatic carbocycles. The predicted octanol–water partition coefficient (Wildman–Crippen LogP) is -0.778. The van der Waals surface area contributed by atoms with Crippen LogP contribution in [0.4, 0.5) is 0 Å². The molecule has 0 aliphatic carbocycles. The number of morpholine rings is 1. The molecule has 0 aromatic rings. The molecule has 1 heterocycles. The van der Waals surface area contributed by atoms with Gasteiger partial charge in [-0.05, 0) is 6.26 Å². The summed E-state index contributed by atoms with van der Waals surface area (Å²) in [7, 11) is 0. The van der Waals surface area contributed by atoms with E-state index in [4.69, 9.17) is 4.74 Å². The van der Waals surface area contributed by atoms with Crippen LogP contribution < -0.4 is 4.90 Å². The Balaban J connectivity index is 2.08. The third kappa shape index (κ3) is 2.56. The van der Waals surface area contributed by atoms with Crippen molar-refractivity contribution >= 4 is 11.8 Å². The molecule has 0 bridgehead atoms. The Bertz CT molecular complexity index is 70.7. The topological polar surface area (TPSA) is 13.7 Å². The molecular formula is C6H14NOS+. The number of rotatable bonds is 2. The highest BCUT2D eigenvalue weighted by molar-refractivity contribution is 7.98. The summed E-state index contributed by atoms with van der Waals surface area (Å²) in [5.74, 6) is 1.24. The van der Waals surface area contributed by atoms with Crippen LogP contribution in [-0.4, -0.2) is 38.4 Å². The highest BCUT2D eigenvalue weighted by Gasteiger charge is 2.11. The Morgan fingerprint density at radius 3 is 2.67 bits per heavy atom. The second-order valence-corrected chi connectivity index (χ2v) is 3.16. The van der Waals surface area contributed by atoms with E-state index in [1.54, 1.807) is 4.90 Å². The van der Waals surface area contributed by atoms with E-state index in [-0.39, 0.29) is 0 Å². The second kappa shape index (κ2) is 4.14. The van der Waals surface area contributed by atoms with Gasteiger partial charge in [0.15, 0.2) is 0 Å². The van der Waals surface area contributed by atoms with Crippen LogP contribution in [0.15, 0.2) is 0 Å². The Morgan fingerprint density at radius 1 is 1.44 bits per heavy atom. The van der Waals surface area contributed by atoms with Crippen molar-refractivity contribution < 1.29 is 9.64 Å². The van der Waals surface area contributed by atoms with Crippen molar-refractivity contribution in [1.29, 1.82) is 0 Å². The van der Waals surface area contributed by atoms with Crippen LogP contribution in [0, 0.1) is 0 Å². The number of nitrogens with one attached hydrogen (secondary N) is 1. The Morgan fingerprint density at radius 2 is 2.11 bits per heavy atom. The van der Waals surface area contributed by atoms with E-state index in [9.17, 15) is 0 Å². The summed E-state index contributed by atoms with van der Waals surface area (Å²) in [6.07, 6.45) is 2.16. The van der Waals surface area contributed by atoms with E-state index >= 15 is 0 Å². The first kappa shape index (κ1) is 7.38. The van der Waals surface area contributed by atoms with Gasteiger partial charge >= 0.3 is 0 Å². The molecule has 0 spiro atoms. The quantitative estimate of drug-likeness (QED) is 0.552. The summed E-state index contributed by atoms with van der Waals surface area (Å²) in [5, 5.41) is 0. The molecule has 1 rings (SSSR count). The summed E-state index contributed by atoms with van der Waals surface area (Å²) in [4.78, 5) is 1.67. The fourth-order valence-electron chi connectivity index (χ4n) is 1.01. The molecule has 0 atom stereocenters. The molecule has 54 valence electrons. The van der Waals surface area contributed by atoms with Crippen molar-refractivity contribution in [2.24, 2.45) is 0 Å². The van der Waals surface area contributed by atoms with E-state index < -0.39 is 0 Å². The number of thioether (sulfide) groups is 1. The molecule has 1 N–H and O–H groups in total.